The number of carbonyl (C=O) groups is 1. The third-order valence-corrected chi connectivity index (χ3v) is 4.53. The molecule has 25 heavy (non-hydrogen) atoms. The zero-order chi connectivity index (χ0) is 16.8. The summed E-state index contributed by atoms with van der Waals surface area (Å²) in [7, 11) is 0. The van der Waals surface area contributed by atoms with E-state index >= 15 is 0 Å². The maximum atomic E-state index is 13.1. The number of carbonyl (C=O) groups excluding carboxylic acids is 1. The van der Waals surface area contributed by atoms with Crippen molar-refractivity contribution < 1.29 is 4.79 Å². The molecule has 2 heterocycles. The zero-order valence-electron chi connectivity index (χ0n) is 14.6. The number of pyridine rings is 1. The van der Waals surface area contributed by atoms with Gasteiger partial charge in [-0.05, 0) is 50.6 Å². The maximum absolute atomic E-state index is 13.1. The molecule has 0 unspecified atom stereocenters. The minimum absolute atomic E-state index is 0. The van der Waals surface area contributed by atoms with Gasteiger partial charge in [0.2, 0.25) is 5.91 Å². The zero-order valence-corrected chi connectivity index (χ0v) is 15.5. The first kappa shape index (κ1) is 19.4. The summed E-state index contributed by atoms with van der Waals surface area (Å²) < 4.78 is 0. The van der Waals surface area contributed by atoms with E-state index in [1.165, 1.54) is 11.1 Å². The van der Waals surface area contributed by atoms with Crippen LogP contribution in [-0.2, 0) is 17.9 Å². The third-order valence-electron chi connectivity index (χ3n) is 4.53. The molecule has 4 nitrogen and oxygen atoms in total. The number of aryl methyl sites for hydroxylation is 1. The van der Waals surface area contributed by atoms with Crippen LogP contribution >= 0.6 is 12.4 Å². The topological polar surface area (TPSA) is 45.2 Å². The molecule has 134 valence electrons. The molecule has 1 saturated heterocycles. The number of rotatable bonds is 5. The summed E-state index contributed by atoms with van der Waals surface area (Å²) in [6.07, 6.45) is 3.63. The SMILES string of the molecule is Cc1cccc(CN(Cc2ccccn2)C(=O)C2CCNCC2)c1.Cl. The van der Waals surface area contributed by atoms with Crippen molar-refractivity contribution in [3.63, 3.8) is 0 Å². The van der Waals surface area contributed by atoms with Crippen LogP contribution in [0.15, 0.2) is 48.7 Å². The monoisotopic (exact) mass is 359 g/mol. The van der Waals surface area contributed by atoms with E-state index in [1.807, 2.05) is 23.1 Å². The second-order valence-corrected chi connectivity index (χ2v) is 6.53. The molecule has 1 aliphatic heterocycles. The molecule has 1 fully saturated rings. The van der Waals surface area contributed by atoms with Crippen LogP contribution < -0.4 is 5.32 Å². The van der Waals surface area contributed by atoms with Gasteiger partial charge in [0.1, 0.15) is 0 Å². The van der Waals surface area contributed by atoms with Crippen molar-refractivity contribution in [2.24, 2.45) is 5.92 Å². The molecule has 1 aliphatic rings. The second kappa shape index (κ2) is 9.54. The minimum Gasteiger partial charge on any atom is -0.332 e. The molecule has 0 atom stereocenters. The predicted octanol–water partition coefficient (Wildman–Crippen LogP) is 3.34. The van der Waals surface area contributed by atoms with Crippen LogP contribution in [-0.4, -0.2) is 28.9 Å². The molecule has 1 aromatic heterocycles. The maximum Gasteiger partial charge on any atom is 0.226 e. The average molecular weight is 360 g/mol. The predicted molar refractivity (Wildman–Crippen MR) is 103 cm³/mol. The molecular weight excluding hydrogens is 334 g/mol. The number of hydrogen-bond acceptors (Lipinski definition) is 3. The summed E-state index contributed by atoms with van der Waals surface area (Å²) in [4.78, 5) is 19.4. The molecular formula is C20H26ClN3O. The number of hydrogen-bond donors (Lipinski definition) is 1. The number of piperidine rings is 1. The average Bonchev–Trinajstić information content (AvgIpc) is 2.62. The number of nitrogens with zero attached hydrogens (tertiary/aromatic N) is 2. The minimum atomic E-state index is 0. The molecule has 3 rings (SSSR count). The lowest BCUT2D eigenvalue weighted by Gasteiger charge is -2.29. The Kier molecular flexibility index (Phi) is 7.41. The van der Waals surface area contributed by atoms with Gasteiger partial charge < -0.3 is 10.2 Å². The highest BCUT2D eigenvalue weighted by Gasteiger charge is 2.26. The Labute approximate surface area is 156 Å². The summed E-state index contributed by atoms with van der Waals surface area (Å²) in [5.41, 5.74) is 3.33. The van der Waals surface area contributed by atoms with Gasteiger partial charge in [0.05, 0.1) is 12.2 Å². The molecule has 0 bridgehead atoms. The van der Waals surface area contributed by atoms with Crippen molar-refractivity contribution in [3.8, 4) is 0 Å². The van der Waals surface area contributed by atoms with Crippen LogP contribution in [0.1, 0.15) is 29.7 Å². The lowest BCUT2D eigenvalue weighted by Crippen LogP contribution is -2.40. The molecule has 0 aliphatic carbocycles. The van der Waals surface area contributed by atoms with Crippen molar-refractivity contribution in [2.45, 2.75) is 32.9 Å². The molecule has 0 spiro atoms. The van der Waals surface area contributed by atoms with Crippen LogP contribution in [0.2, 0.25) is 0 Å². The van der Waals surface area contributed by atoms with Crippen molar-refractivity contribution in [3.05, 3.63) is 65.5 Å². The molecule has 2 aromatic rings. The van der Waals surface area contributed by atoms with E-state index in [9.17, 15) is 4.79 Å². The molecule has 1 amide bonds. The molecule has 0 radical (unpaired) electrons. The summed E-state index contributed by atoms with van der Waals surface area (Å²) in [5.74, 6) is 0.378. The van der Waals surface area contributed by atoms with E-state index in [4.69, 9.17) is 0 Å². The van der Waals surface area contributed by atoms with Crippen LogP contribution in [0.5, 0.6) is 0 Å². The molecule has 5 heteroatoms. The van der Waals surface area contributed by atoms with Gasteiger partial charge in [-0.2, -0.15) is 0 Å². The van der Waals surface area contributed by atoms with E-state index in [-0.39, 0.29) is 24.2 Å². The Morgan fingerprint density at radius 1 is 1.16 bits per heavy atom. The van der Waals surface area contributed by atoms with Crippen LogP contribution in [0.4, 0.5) is 0 Å². The fourth-order valence-electron chi connectivity index (χ4n) is 3.26. The van der Waals surface area contributed by atoms with Gasteiger partial charge in [-0.3, -0.25) is 9.78 Å². The lowest BCUT2D eigenvalue weighted by molar-refractivity contribution is -0.137. The van der Waals surface area contributed by atoms with Crippen LogP contribution in [0.25, 0.3) is 0 Å². The Morgan fingerprint density at radius 2 is 1.96 bits per heavy atom. The summed E-state index contributed by atoms with van der Waals surface area (Å²) in [5, 5.41) is 3.33. The third kappa shape index (κ3) is 5.55. The summed E-state index contributed by atoms with van der Waals surface area (Å²) in [6.45, 7) is 5.15. The van der Waals surface area contributed by atoms with Crippen molar-refractivity contribution in [1.29, 1.82) is 0 Å². The van der Waals surface area contributed by atoms with Crippen LogP contribution in [0, 0.1) is 12.8 Å². The molecule has 1 aromatic carbocycles. The fraction of sp³-hybridized carbons (Fsp3) is 0.400. The largest absolute Gasteiger partial charge is 0.332 e. The van der Waals surface area contributed by atoms with E-state index in [0.29, 0.717) is 13.1 Å². The second-order valence-electron chi connectivity index (χ2n) is 6.53. The van der Waals surface area contributed by atoms with Gasteiger partial charge in [0.15, 0.2) is 0 Å². The summed E-state index contributed by atoms with van der Waals surface area (Å²) in [6, 6.07) is 14.2. The van der Waals surface area contributed by atoms with Crippen LogP contribution in [0.3, 0.4) is 0 Å². The standard InChI is InChI=1S/C20H25N3O.ClH/c1-16-5-4-6-17(13-16)14-23(15-19-7-2-3-10-22-19)20(24)18-8-11-21-12-9-18;/h2-7,10,13,18,21H,8-9,11-12,14-15H2,1H3;1H. The Morgan fingerprint density at radius 3 is 2.64 bits per heavy atom. The Balaban J connectivity index is 0.00000225. The number of halogens is 1. The quantitative estimate of drug-likeness (QED) is 0.890. The van der Waals surface area contributed by atoms with E-state index in [1.54, 1.807) is 6.20 Å². The number of aromatic nitrogens is 1. The van der Waals surface area contributed by atoms with Gasteiger partial charge in [-0.25, -0.2) is 0 Å². The Hall–Kier alpha value is -1.91. The number of benzene rings is 1. The molecule has 0 saturated carbocycles. The summed E-state index contributed by atoms with van der Waals surface area (Å²) >= 11 is 0. The van der Waals surface area contributed by atoms with Crippen molar-refractivity contribution >= 4 is 18.3 Å². The van der Waals surface area contributed by atoms with Gasteiger partial charge in [-0.1, -0.05) is 35.9 Å². The van der Waals surface area contributed by atoms with Gasteiger partial charge in [0.25, 0.3) is 0 Å². The first-order chi connectivity index (χ1) is 11.7. The van der Waals surface area contributed by atoms with E-state index in [0.717, 1.165) is 31.6 Å². The molecule has 1 N–H and O–H groups in total. The number of amides is 1. The van der Waals surface area contributed by atoms with Gasteiger partial charge in [0, 0.05) is 18.7 Å². The van der Waals surface area contributed by atoms with Crippen molar-refractivity contribution in [2.75, 3.05) is 13.1 Å². The first-order valence-electron chi connectivity index (χ1n) is 8.67. The highest BCUT2D eigenvalue weighted by molar-refractivity contribution is 5.85. The van der Waals surface area contributed by atoms with Crippen molar-refractivity contribution in [1.82, 2.24) is 15.2 Å². The highest BCUT2D eigenvalue weighted by Crippen LogP contribution is 2.19. The number of nitrogens with one attached hydrogen (secondary N) is 1. The van der Waals surface area contributed by atoms with Gasteiger partial charge in [-0.15, -0.1) is 12.4 Å². The van der Waals surface area contributed by atoms with Gasteiger partial charge >= 0.3 is 0 Å². The highest BCUT2D eigenvalue weighted by atomic mass is 35.5. The normalized spacial score (nSPS) is 14.6. The first-order valence-corrected chi connectivity index (χ1v) is 8.67. The fourth-order valence-corrected chi connectivity index (χ4v) is 3.26. The smallest absolute Gasteiger partial charge is 0.226 e. The lowest BCUT2D eigenvalue weighted by atomic mass is 9.96. The van der Waals surface area contributed by atoms with E-state index < -0.39 is 0 Å². The Bertz CT molecular complexity index is 672. The van der Waals surface area contributed by atoms with E-state index in [2.05, 4.69) is 41.5 Å².